The first-order chi connectivity index (χ1) is 17.0. The van der Waals surface area contributed by atoms with E-state index in [4.69, 9.17) is 4.74 Å². The van der Waals surface area contributed by atoms with E-state index in [1.54, 1.807) is 42.5 Å². The number of hydrogen-bond donors (Lipinski definition) is 2. The number of halogens is 1. The molecular weight excluding hydrogens is 512 g/mol. The number of ether oxygens (including phenoxy) is 1. The van der Waals surface area contributed by atoms with Gasteiger partial charge in [-0.3, -0.25) is 14.4 Å². The Kier molecular flexibility index (Phi) is 7.97. The number of methoxy groups -OCH3 is 1. The van der Waals surface area contributed by atoms with E-state index in [0.29, 0.717) is 28.8 Å². The van der Waals surface area contributed by atoms with Crippen LogP contribution < -0.4 is 20.9 Å². The van der Waals surface area contributed by atoms with Gasteiger partial charge >= 0.3 is 0 Å². The van der Waals surface area contributed by atoms with Crippen molar-refractivity contribution in [2.45, 2.75) is 32.1 Å². The quantitative estimate of drug-likeness (QED) is 0.423. The Morgan fingerprint density at radius 3 is 2.66 bits per heavy atom. The van der Waals surface area contributed by atoms with Crippen molar-refractivity contribution in [3.63, 3.8) is 0 Å². The third-order valence-corrected chi connectivity index (χ3v) is 6.45. The molecule has 2 amide bonds. The summed E-state index contributed by atoms with van der Waals surface area (Å²) in [5.74, 6) is -0.402. The summed E-state index contributed by atoms with van der Waals surface area (Å²) in [7, 11) is 1.49. The second-order valence-electron chi connectivity index (χ2n) is 8.32. The van der Waals surface area contributed by atoms with Gasteiger partial charge in [-0.15, -0.1) is 0 Å². The van der Waals surface area contributed by atoms with Crippen LogP contribution in [0.2, 0.25) is 0 Å². The summed E-state index contributed by atoms with van der Waals surface area (Å²) >= 11 is 3.39. The lowest BCUT2D eigenvalue weighted by molar-refractivity contribution is -0.120. The molecule has 0 saturated carbocycles. The van der Waals surface area contributed by atoms with Crippen LogP contribution in [-0.2, 0) is 4.79 Å². The number of carbonyl (C=O) groups excluding carboxylic acids is 2. The predicted molar refractivity (Wildman–Crippen MR) is 138 cm³/mol. The molecule has 1 aromatic heterocycles. The zero-order chi connectivity index (χ0) is 24.8. The van der Waals surface area contributed by atoms with Crippen LogP contribution in [0.3, 0.4) is 0 Å². The molecule has 9 heteroatoms. The number of benzene rings is 2. The number of hydrogen-bond acceptors (Lipinski definition) is 5. The number of carbonyl (C=O) groups is 2. The number of fused-ring (bicyclic) bond motifs is 1. The lowest BCUT2D eigenvalue weighted by Gasteiger charge is -2.14. The Hall–Kier alpha value is -3.46. The van der Waals surface area contributed by atoms with Crippen LogP contribution in [0.4, 0.5) is 0 Å². The molecule has 3 aromatic rings. The fraction of sp³-hybridized carbons (Fsp3) is 0.308. The van der Waals surface area contributed by atoms with Crippen LogP contribution in [0.1, 0.15) is 42.6 Å². The topological polar surface area (TPSA) is 102 Å². The second kappa shape index (κ2) is 11.3. The highest BCUT2D eigenvalue weighted by Crippen LogP contribution is 2.26. The number of rotatable bonds is 8. The van der Waals surface area contributed by atoms with Gasteiger partial charge in [-0.25, -0.2) is 0 Å². The van der Waals surface area contributed by atoms with Gasteiger partial charge in [0.05, 0.1) is 19.0 Å². The summed E-state index contributed by atoms with van der Waals surface area (Å²) in [6, 6.07) is 11.9. The summed E-state index contributed by atoms with van der Waals surface area (Å²) in [6.07, 6.45) is 7.70. The second-order valence-corrected chi connectivity index (χ2v) is 9.23. The van der Waals surface area contributed by atoms with Crippen molar-refractivity contribution in [2.24, 2.45) is 0 Å². The van der Waals surface area contributed by atoms with E-state index in [0.717, 1.165) is 28.4 Å². The summed E-state index contributed by atoms with van der Waals surface area (Å²) in [6.45, 7) is 0.352. The molecule has 8 nitrogen and oxygen atoms in total. The molecule has 0 bridgehead atoms. The monoisotopic (exact) mass is 538 g/mol. The van der Waals surface area contributed by atoms with Gasteiger partial charge in [0, 0.05) is 16.4 Å². The number of nitrogens with one attached hydrogen (secondary N) is 2. The van der Waals surface area contributed by atoms with E-state index in [1.807, 2.05) is 0 Å². The Morgan fingerprint density at radius 1 is 1.11 bits per heavy atom. The number of amides is 2. The lowest BCUT2D eigenvalue weighted by Crippen LogP contribution is -2.38. The fourth-order valence-corrected chi connectivity index (χ4v) is 4.49. The molecule has 1 aliphatic rings. The van der Waals surface area contributed by atoms with Crippen molar-refractivity contribution >= 4 is 38.5 Å². The van der Waals surface area contributed by atoms with Gasteiger partial charge in [0.15, 0.2) is 5.69 Å². The van der Waals surface area contributed by atoms with Crippen LogP contribution in [0.5, 0.6) is 5.75 Å². The molecule has 0 radical (unpaired) electrons. The average molecular weight is 539 g/mol. The first kappa shape index (κ1) is 24.7. The number of aromatic nitrogens is 2. The van der Waals surface area contributed by atoms with E-state index in [1.165, 1.54) is 25.5 Å². The predicted octanol–water partition coefficient (Wildman–Crippen LogP) is 3.89. The van der Waals surface area contributed by atoms with E-state index in [2.05, 4.69) is 37.7 Å². The van der Waals surface area contributed by atoms with Crippen molar-refractivity contribution in [3.05, 3.63) is 74.6 Å². The Bertz CT molecular complexity index is 1350. The van der Waals surface area contributed by atoms with Crippen LogP contribution >= 0.6 is 15.9 Å². The molecule has 1 aliphatic carbocycles. The van der Waals surface area contributed by atoms with Gasteiger partial charge in [0.1, 0.15) is 11.4 Å². The molecule has 1 heterocycles. The summed E-state index contributed by atoms with van der Waals surface area (Å²) in [5.41, 5.74) is 1.44. The van der Waals surface area contributed by atoms with E-state index in [-0.39, 0.29) is 23.7 Å². The molecule has 0 atom stereocenters. The molecule has 0 spiro atoms. The lowest BCUT2D eigenvalue weighted by atomic mass is 9.97. The largest absolute Gasteiger partial charge is 0.494 e. The minimum absolute atomic E-state index is 0.0466. The van der Waals surface area contributed by atoms with Crippen LogP contribution in [0.15, 0.2) is 63.4 Å². The smallest absolute Gasteiger partial charge is 0.279 e. The summed E-state index contributed by atoms with van der Waals surface area (Å²) in [4.78, 5) is 38.6. The Balaban J connectivity index is 1.54. The zero-order valence-electron chi connectivity index (χ0n) is 19.5. The van der Waals surface area contributed by atoms with E-state index in [9.17, 15) is 14.4 Å². The SMILES string of the molecule is COc1cc(Br)ccc1-n1nc(C(=O)NCC(=O)NCCC2=CCCCC2)c2ccccc2c1=O. The molecule has 0 aliphatic heterocycles. The summed E-state index contributed by atoms with van der Waals surface area (Å²) in [5, 5.41) is 10.6. The normalized spacial score (nSPS) is 13.3. The number of allylic oxidation sites excluding steroid dienone is 1. The van der Waals surface area contributed by atoms with Crippen molar-refractivity contribution in [2.75, 3.05) is 20.2 Å². The molecule has 2 aromatic carbocycles. The van der Waals surface area contributed by atoms with Crippen molar-refractivity contribution in [3.8, 4) is 11.4 Å². The van der Waals surface area contributed by atoms with Crippen molar-refractivity contribution in [1.82, 2.24) is 20.4 Å². The third-order valence-electron chi connectivity index (χ3n) is 5.95. The van der Waals surface area contributed by atoms with Crippen molar-refractivity contribution < 1.29 is 14.3 Å². The molecule has 182 valence electrons. The maximum atomic E-state index is 13.2. The molecule has 35 heavy (non-hydrogen) atoms. The maximum Gasteiger partial charge on any atom is 0.279 e. The molecule has 0 fully saturated rings. The molecule has 0 unspecified atom stereocenters. The number of nitrogens with zero attached hydrogens (tertiary/aromatic N) is 2. The molecule has 0 saturated heterocycles. The van der Waals surface area contributed by atoms with Crippen LogP contribution in [-0.4, -0.2) is 41.8 Å². The third kappa shape index (κ3) is 5.79. The highest BCUT2D eigenvalue weighted by molar-refractivity contribution is 9.10. The Morgan fingerprint density at radius 2 is 1.91 bits per heavy atom. The fourth-order valence-electron chi connectivity index (χ4n) is 4.15. The van der Waals surface area contributed by atoms with Crippen LogP contribution in [0, 0.1) is 0 Å². The van der Waals surface area contributed by atoms with Gasteiger partial charge in [-0.05, 0) is 56.4 Å². The standard InChI is InChI=1S/C26H27BrN4O4/c1-35-22-15-18(27)11-12-21(22)31-26(34)20-10-6-5-9-19(20)24(30-31)25(33)29-16-23(32)28-14-13-17-7-3-2-4-8-17/h5-7,9-12,15H,2-4,8,13-14,16H2,1H3,(H,28,32)(H,29,33). The van der Waals surface area contributed by atoms with Gasteiger partial charge < -0.3 is 15.4 Å². The zero-order valence-corrected chi connectivity index (χ0v) is 21.1. The van der Waals surface area contributed by atoms with E-state index >= 15 is 0 Å². The van der Waals surface area contributed by atoms with Gasteiger partial charge in [-0.2, -0.15) is 9.78 Å². The minimum atomic E-state index is -0.545. The minimum Gasteiger partial charge on any atom is -0.494 e. The van der Waals surface area contributed by atoms with E-state index < -0.39 is 5.91 Å². The van der Waals surface area contributed by atoms with Crippen molar-refractivity contribution in [1.29, 1.82) is 0 Å². The molecule has 2 N–H and O–H groups in total. The van der Waals surface area contributed by atoms with Gasteiger partial charge in [0.25, 0.3) is 11.5 Å². The van der Waals surface area contributed by atoms with Crippen LogP contribution in [0.25, 0.3) is 16.5 Å². The first-order valence-corrected chi connectivity index (χ1v) is 12.4. The average Bonchev–Trinajstić information content (AvgIpc) is 2.88. The van der Waals surface area contributed by atoms with Gasteiger partial charge in [-0.1, -0.05) is 45.8 Å². The molecular formula is C26H27BrN4O4. The first-order valence-electron chi connectivity index (χ1n) is 11.6. The highest BCUT2D eigenvalue weighted by Gasteiger charge is 2.19. The molecule has 4 rings (SSSR count). The Labute approximate surface area is 211 Å². The van der Waals surface area contributed by atoms with Gasteiger partial charge in [0.2, 0.25) is 5.91 Å². The summed E-state index contributed by atoms with van der Waals surface area (Å²) < 4.78 is 7.35. The highest BCUT2D eigenvalue weighted by atomic mass is 79.9. The maximum absolute atomic E-state index is 13.2.